The van der Waals surface area contributed by atoms with Crippen LogP contribution in [0.25, 0.3) is 11.1 Å². The Morgan fingerprint density at radius 1 is 0.576 bits per heavy atom. The van der Waals surface area contributed by atoms with Crippen molar-refractivity contribution < 1.29 is 18.9 Å². The molecule has 0 saturated carbocycles. The Bertz CT molecular complexity index is 788. The molecular weight excluding hydrogens is 418 g/mol. The van der Waals surface area contributed by atoms with Crippen LogP contribution in [0.3, 0.4) is 0 Å². The number of hydrogen-bond donors (Lipinski definition) is 1. The Labute approximate surface area is 198 Å². The Balaban J connectivity index is 1.89. The van der Waals surface area contributed by atoms with Gasteiger partial charge < -0.3 is 34.1 Å². The molecule has 33 heavy (non-hydrogen) atoms. The molecule has 7 nitrogen and oxygen atoms in total. The predicted octanol–water partition coefficient (Wildman–Crippen LogP) is 3.16. The first-order chi connectivity index (χ1) is 16.1. The third-order valence-corrected chi connectivity index (χ3v) is 5.61. The van der Waals surface area contributed by atoms with Gasteiger partial charge in [-0.15, -0.1) is 0 Å². The van der Waals surface area contributed by atoms with Crippen molar-refractivity contribution >= 4 is 11.4 Å². The monoisotopic (exact) mass is 457 g/mol. The van der Waals surface area contributed by atoms with Crippen LogP contribution < -0.4 is 15.1 Å². The second-order valence-corrected chi connectivity index (χ2v) is 8.55. The van der Waals surface area contributed by atoms with E-state index in [9.17, 15) is 0 Å². The maximum atomic E-state index is 6.01. The summed E-state index contributed by atoms with van der Waals surface area (Å²) in [6.45, 7) is 6.27. The third kappa shape index (κ3) is 7.98. The van der Waals surface area contributed by atoms with Gasteiger partial charge in [0.2, 0.25) is 0 Å². The van der Waals surface area contributed by atoms with Gasteiger partial charge in [-0.05, 0) is 46.5 Å². The minimum atomic E-state index is 0.530. The van der Waals surface area contributed by atoms with Crippen LogP contribution in [0.4, 0.5) is 11.4 Å². The summed E-state index contributed by atoms with van der Waals surface area (Å²) in [6, 6.07) is 13.1. The minimum absolute atomic E-state index is 0.530. The molecular formula is C26H39N3O4. The quantitative estimate of drug-likeness (QED) is 0.744. The zero-order chi connectivity index (χ0) is 23.5. The van der Waals surface area contributed by atoms with Gasteiger partial charge in [-0.2, -0.15) is 0 Å². The second-order valence-electron chi connectivity index (χ2n) is 8.55. The Kier molecular flexibility index (Phi) is 10.4. The topological polar surface area (TPSA) is 55.4 Å². The molecule has 0 aliphatic carbocycles. The van der Waals surface area contributed by atoms with Crippen LogP contribution in [0.2, 0.25) is 0 Å². The smallest absolute Gasteiger partial charge is 0.0724 e. The van der Waals surface area contributed by atoms with Gasteiger partial charge in [-0.3, -0.25) is 0 Å². The number of nitrogens with one attached hydrogen (secondary N) is 1. The van der Waals surface area contributed by atoms with Gasteiger partial charge in [0.15, 0.2) is 0 Å². The highest BCUT2D eigenvalue weighted by atomic mass is 16.5. The largest absolute Gasteiger partial charge is 0.378 e. The fourth-order valence-corrected chi connectivity index (χ4v) is 3.70. The van der Waals surface area contributed by atoms with Crippen molar-refractivity contribution in [2.45, 2.75) is 13.2 Å². The Morgan fingerprint density at radius 2 is 1.00 bits per heavy atom. The summed E-state index contributed by atoms with van der Waals surface area (Å²) in [5, 5.41) is 3.32. The van der Waals surface area contributed by atoms with E-state index in [0.29, 0.717) is 52.9 Å². The molecule has 7 heteroatoms. The summed E-state index contributed by atoms with van der Waals surface area (Å²) >= 11 is 0. The van der Waals surface area contributed by atoms with E-state index in [-0.39, 0.29) is 0 Å². The number of rotatable bonds is 2. The SMILES string of the molecule is CN(C)c1ccc2c(c1)COCCOCCNCCOCCOCc1cc(N(C)C)ccc1-2. The van der Waals surface area contributed by atoms with Crippen LogP contribution in [0, 0.1) is 0 Å². The highest BCUT2D eigenvalue weighted by Crippen LogP contribution is 2.33. The van der Waals surface area contributed by atoms with Crippen LogP contribution in [-0.4, -0.2) is 80.9 Å². The van der Waals surface area contributed by atoms with E-state index in [1.54, 1.807) is 0 Å². The number of benzene rings is 2. The highest BCUT2D eigenvalue weighted by Gasteiger charge is 2.14. The first-order valence-electron chi connectivity index (χ1n) is 11.7. The molecule has 3 rings (SSSR count). The fraction of sp³-hybridized carbons (Fsp3) is 0.538. The zero-order valence-electron chi connectivity index (χ0n) is 20.6. The molecule has 1 aliphatic rings. The van der Waals surface area contributed by atoms with Gasteiger partial charge in [-0.25, -0.2) is 0 Å². The van der Waals surface area contributed by atoms with E-state index in [2.05, 4.69) is 79.7 Å². The second kappa shape index (κ2) is 13.5. The van der Waals surface area contributed by atoms with E-state index < -0.39 is 0 Å². The summed E-state index contributed by atoms with van der Waals surface area (Å²) in [5.74, 6) is 0. The molecule has 182 valence electrons. The lowest BCUT2D eigenvalue weighted by atomic mass is 9.94. The van der Waals surface area contributed by atoms with Crippen LogP contribution in [0.1, 0.15) is 11.1 Å². The molecule has 0 aromatic heterocycles. The number of fused-ring (bicyclic) bond motifs is 3. The number of anilines is 2. The van der Waals surface area contributed by atoms with Crippen LogP contribution in [0.5, 0.6) is 0 Å². The van der Waals surface area contributed by atoms with Crippen molar-refractivity contribution in [3.8, 4) is 11.1 Å². The van der Waals surface area contributed by atoms with Gasteiger partial charge in [0.1, 0.15) is 0 Å². The lowest BCUT2D eigenvalue weighted by Gasteiger charge is -2.21. The molecule has 0 radical (unpaired) electrons. The molecule has 1 N–H and O–H groups in total. The van der Waals surface area contributed by atoms with Gasteiger partial charge in [0.25, 0.3) is 0 Å². The molecule has 0 saturated heterocycles. The maximum Gasteiger partial charge on any atom is 0.0724 e. The Hall–Kier alpha value is -2.16. The molecule has 0 atom stereocenters. The zero-order valence-corrected chi connectivity index (χ0v) is 20.6. The first kappa shape index (κ1) is 25.5. The predicted molar refractivity (Wildman–Crippen MR) is 134 cm³/mol. The van der Waals surface area contributed by atoms with Gasteiger partial charge >= 0.3 is 0 Å². The van der Waals surface area contributed by atoms with E-state index in [1.165, 1.54) is 11.1 Å². The molecule has 2 aromatic carbocycles. The van der Waals surface area contributed by atoms with Gasteiger partial charge in [-0.1, -0.05) is 12.1 Å². The van der Waals surface area contributed by atoms with E-state index in [4.69, 9.17) is 18.9 Å². The normalized spacial score (nSPS) is 17.1. The van der Waals surface area contributed by atoms with Crippen molar-refractivity contribution in [3.63, 3.8) is 0 Å². The molecule has 1 heterocycles. The highest BCUT2D eigenvalue weighted by molar-refractivity contribution is 5.75. The molecule has 2 aromatic rings. The van der Waals surface area contributed by atoms with E-state index in [1.807, 2.05) is 0 Å². The molecule has 0 fully saturated rings. The molecule has 0 spiro atoms. The van der Waals surface area contributed by atoms with Crippen molar-refractivity contribution in [2.24, 2.45) is 0 Å². The standard InChI is InChI=1S/C26H39N3O4/c1-28(2)23-5-7-25-21(17-23)19-32-15-13-30-11-9-27-10-12-31-14-16-33-20-22-18-24(29(3)4)6-8-26(22)25/h5-8,17-18,27H,9-16,19-20H2,1-4H3. The van der Waals surface area contributed by atoms with E-state index in [0.717, 1.165) is 35.6 Å². The summed E-state index contributed by atoms with van der Waals surface area (Å²) in [6.07, 6.45) is 0. The van der Waals surface area contributed by atoms with Crippen LogP contribution >= 0.6 is 0 Å². The average Bonchev–Trinajstić information content (AvgIpc) is 2.81. The summed E-state index contributed by atoms with van der Waals surface area (Å²) in [5.41, 5.74) is 6.95. The third-order valence-electron chi connectivity index (χ3n) is 5.61. The lowest BCUT2D eigenvalue weighted by molar-refractivity contribution is 0.0366. The van der Waals surface area contributed by atoms with Crippen molar-refractivity contribution in [1.82, 2.24) is 5.32 Å². The van der Waals surface area contributed by atoms with Gasteiger partial charge in [0.05, 0.1) is 52.9 Å². The van der Waals surface area contributed by atoms with Crippen molar-refractivity contribution in [1.29, 1.82) is 0 Å². The summed E-state index contributed by atoms with van der Waals surface area (Å²) in [7, 11) is 8.23. The van der Waals surface area contributed by atoms with Crippen molar-refractivity contribution in [3.05, 3.63) is 47.5 Å². The number of ether oxygens (including phenoxy) is 4. The first-order valence-corrected chi connectivity index (χ1v) is 11.7. The number of nitrogens with zero attached hydrogens (tertiary/aromatic N) is 2. The van der Waals surface area contributed by atoms with E-state index >= 15 is 0 Å². The minimum Gasteiger partial charge on any atom is -0.378 e. The summed E-state index contributed by atoms with van der Waals surface area (Å²) < 4.78 is 23.4. The fourth-order valence-electron chi connectivity index (χ4n) is 3.70. The molecule has 0 unspecified atom stereocenters. The number of hydrogen-bond acceptors (Lipinski definition) is 7. The lowest BCUT2D eigenvalue weighted by Crippen LogP contribution is -2.25. The van der Waals surface area contributed by atoms with Crippen LogP contribution in [-0.2, 0) is 32.2 Å². The molecule has 1 aliphatic heterocycles. The average molecular weight is 458 g/mol. The molecule has 0 bridgehead atoms. The Morgan fingerprint density at radius 3 is 1.42 bits per heavy atom. The maximum absolute atomic E-state index is 6.01. The summed E-state index contributed by atoms with van der Waals surface area (Å²) in [4.78, 5) is 4.23. The van der Waals surface area contributed by atoms with Crippen molar-refractivity contribution in [2.75, 3.05) is 90.7 Å². The molecule has 0 amide bonds. The van der Waals surface area contributed by atoms with Gasteiger partial charge in [0, 0.05) is 52.7 Å². The van der Waals surface area contributed by atoms with Crippen LogP contribution in [0.15, 0.2) is 36.4 Å².